The fraction of sp³-hybridized carbons (Fsp3) is 0.240. The second-order valence-electron chi connectivity index (χ2n) is 8.63. The molecule has 1 atom stereocenters. The molecule has 0 spiro atoms. The molecule has 1 N–H and O–H groups in total. The second-order valence-corrected chi connectivity index (χ2v) is 8.63. The zero-order valence-electron chi connectivity index (χ0n) is 18.5. The van der Waals surface area contributed by atoms with Crippen LogP contribution in [0.15, 0.2) is 64.1 Å². The standard InChI is InChI=1S/C25H24N2O6/c1-25(2,3)17-7-9-20-21(12-17)33-22(14-31-20)23(28)27-26-13-18-8-10-19(32-18)15-5-4-6-16(11-15)24(29)30/h4-13,22H,14H2,1-3H3,(H,27,28)(H,29,30)/p-1/b26-13+/t22-/m0/s1. The Morgan fingerprint density at radius 2 is 1.91 bits per heavy atom. The molecule has 0 saturated heterocycles. The Balaban J connectivity index is 1.38. The third-order valence-corrected chi connectivity index (χ3v) is 5.14. The van der Waals surface area contributed by atoms with Crippen LogP contribution in [0.5, 0.6) is 11.5 Å². The zero-order chi connectivity index (χ0) is 23.6. The lowest BCUT2D eigenvalue weighted by atomic mass is 9.87. The number of carbonyl (C=O) groups is 2. The molecule has 1 aromatic heterocycles. The van der Waals surface area contributed by atoms with Gasteiger partial charge in [-0.3, -0.25) is 4.79 Å². The molecular formula is C25H23N2O6-. The van der Waals surface area contributed by atoms with E-state index in [1.54, 1.807) is 24.3 Å². The summed E-state index contributed by atoms with van der Waals surface area (Å²) < 4.78 is 17.2. The molecule has 1 aliphatic heterocycles. The number of fused-ring (bicyclic) bond motifs is 1. The predicted molar refractivity (Wildman–Crippen MR) is 119 cm³/mol. The average Bonchev–Trinajstić information content (AvgIpc) is 3.26. The van der Waals surface area contributed by atoms with Crippen LogP contribution in [-0.2, 0) is 10.2 Å². The minimum absolute atomic E-state index is 0.0530. The topological polar surface area (TPSA) is 113 Å². The van der Waals surface area contributed by atoms with Crippen molar-refractivity contribution < 1.29 is 28.6 Å². The van der Waals surface area contributed by atoms with E-state index in [1.807, 2.05) is 18.2 Å². The third kappa shape index (κ3) is 5.06. The Morgan fingerprint density at radius 1 is 1.09 bits per heavy atom. The van der Waals surface area contributed by atoms with Crippen LogP contribution in [0.1, 0.15) is 42.5 Å². The number of benzene rings is 2. The van der Waals surface area contributed by atoms with Crippen molar-refractivity contribution in [3.05, 3.63) is 71.5 Å². The summed E-state index contributed by atoms with van der Waals surface area (Å²) >= 11 is 0. The van der Waals surface area contributed by atoms with E-state index < -0.39 is 18.0 Å². The number of carboxylic acids is 1. The van der Waals surface area contributed by atoms with Crippen LogP contribution in [0, 0.1) is 0 Å². The monoisotopic (exact) mass is 447 g/mol. The summed E-state index contributed by atoms with van der Waals surface area (Å²) in [4.78, 5) is 23.5. The van der Waals surface area contributed by atoms with E-state index >= 15 is 0 Å². The Morgan fingerprint density at radius 3 is 2.67 bits per heavy atom. The van der Waals surface area contributed by atoms with Gasteiger partial charge < -0.3 is 23.8 Å². The van der Waals surface area contributed by atoms with Crippen molar-refractivity contribution >= 4 is 18.1 Å². The molecule has 1 aliphatic rings. The molecule has 33 heavy (non-hydrogen) atoms. The molecule has 2 heterocycles. The number of carbonyl (C=O) groups excluding carboxylic acids is 2. The van der Waals surface area contributed by atoms with Crippen LogP contribution < -0.4 is 20.0 Å². The van der Waals surface area contributed by atoms with Gasteiger partial charge in [0, 0.05) is 5.56 Å². The molecule has 0 fully saturated rings. The molecular weight excluding hydrogens is 424 g/mol. The van der Waals surface area contributed by atoms with Gasteiger partial charge in [-0.1, -0.05) is 45.0 Å². The summed E-state index contributed by atoms with van der Waals surface area (Å²) in [6, 6.07) is 15.3. The zero-order valence-corrected chi connectivity index (χ0v) is 18.5. The lowest BCUT2D eigenvalue weighted by molar-refractivity contribution is -0.255. The lowest BCUT2D eigenvalue weighted by Crippen LogP contribution is -2.42. The number of ether oxygens (including phenoxy) is 2. The summed E-state index contributed by atoms with van der Waals surface area (Å²) in [6.45, 7) is 6.36. The highest BCUT2D eigenvalue weighted by atomic mass is 16.6. The van der Waals surface area contributed by atoms with Crippen molar-refractivity contribution in [2.75, 3.05) is 6.61 Å². The van der Waals surface area contributed by atoms with Crippen LogP contribution in [0.25, 0.3) is 11.3 Å². The van der Waals surface area contributed by atoms with Gasteiger partial charge in [0.05, 0.1) is 12.2 Å². The van der Waals surface area contributed by atoms with Crippen molar-refractivity contribution in [1.82, 2.24) is 5.43 Å². The molecule has 2 aromatic carbocycles. The van der Waals surface area contributed by atoms with Crippen LogP contribution in [0.3, 0.4) is 0 Å². The number of nitrogens with one attached hydrogen (secondary N) is 1. The van der Waals surface area contributed by atoms with Gasteiger partial charge in [0.2, 0.25) is 6.10 Å². The highest BCUT2D eigenvalue weighted by Crippen LogP contribution is 2.36. The van der Waals surface area contributed by atoms with Crippen LogP contribution >= 0.6 is 0 Å². The van der Waals surface area contributed by atoms with Gasteiger partial charge in [0.1, 0.15) is 18.1 Å². The van der Waals surface area contributed by atoms with Crippen molar-refractivity contribution in [3.63, 3.8) is 0 Å². The van der Waals surface area contributed by atoms with Gasteiger partial charge in [0.25, 0.3) is 5.91 Å². The number of rotatable bonds is 5. The number of carboxylic acid groups (broad SMARTS) is 1. The first-order valence-corrected chi connectivity index (χ1v) is 10.4. The number of hydrogen-bond donors (Lipinski definition) is 1. The molecule has 0 bridgehead atoms. The maximum atomic E-state index is 12.5. The largest absolute Gasteiger partial charge is 0.545 e. The summed E-state index contributed by atoms with van der Waals surface area (Å²) in [7, 11) is 0. The number of amides is 1. The van der Waals surface area contributed by atoms with Gasteiger partial charge in [-0.25, -0.2) is 5.43 Å². The molecule has 0 aliphatic carbocycles. The predicted octanol–water partition coefficient (Wildman–Crippen LogP) is 2.90. The number of hydrazone groups is 1. The first-order valence-electron chi connectivity index (χ1n) is 10.4. The Hall–Kier alpha value is -4.07. The molecule has 1 amide bonds. The molecule has 3 aromatic rings. The van der Waals surface area contributed by atoms with E-state index in [1.165, 1.54) is 18.3 Å². The van der Waals surface area contributed by atoms with Crippen molar-refractivity contribution in [3.8, 4) is 22.8 Å². The maximum Gasteiger partial charge on any atom is 0.284 e. The van der Waals surface area contributed by atoms with Gasteiger partial charge in [-0.2, -0.15) is 5.10 Å². The third-order valence-electron chi connectivity index (χ3n) is 5.14. The molecule has 4 rings (SSSR count). The Labute approximate surface area is 190 Å². The summed E-state index contributed by atoms with van der Waals surface area (Å²) in [5, 5.41) is 15.0. The van der Waals surface area contributed by atoms with Crippen LogP contribution in [-0.4, -0.2) is 30.8 Å². The van der Waals surface area contributed by atoms with Crippen LogP contribution in [0.4, 0.5) is 0 Å². The average molecular weight is 447 g/mol. The second kappa shape index (κ2) is 8.82. The molecule has 0 saturated carbocycles. The van der Waals surface area contributed by atoms with E-state index in [-0.39, 0.29) is 17.6 Å². The lowest BCUT2D eigenvalue weighted by Gasteiger charge is -2.27. The van der Waals surface area contributed by atoms with E-state index in [0.29, 0.717) is 28.6 Å². The van der Waals surface area contributed by atoms with Crippen molar-refractivity contribution in [1.29, 1.82) is 0 Å². The maximum absolute atomic E-state index is 12.5. The number of nitrogens with zero attached hydrogens (tertiary/aromatic N) is 1. The van der Waals surface area contributed by atoms with Gasteiger partial charge >= 0.3 is 0 Å². The summed E-state index contributed by atoms with van der Waals surface area (Å²) in [5.41, 5.74) is 4.07. The molecule has 0 unspecified atom stereocenters. The quantitative estimate of drug-likeness (QED) is 0.475. The first kappa shape index (κ1) is 22.1. The SMILES string of the molecule is CC(C)(C)c1ccc2c(c1)O[C@H](C(=O)N/N=C/c1ccc(-c3cccc(C(=O)[O-])c3)o1)CO2. The molecule has 8 heteroatoms. The van der Waals surface area contributed by atoms with Crippen LogP contribution in [0.2, 0.25) is 0 Å². The molecule has 170 valence electrons. The van der Waals surface area contributed by atoms with E-state index in [9.17, 15) is 14.7 Å². The van der Waals surface area contributed by atoms with E-state index in [0.717, 1.165) is 5.56 Å². The summed E-state index contributed by atoms with van der Waals surface area (Å²) in [6.07, 6.45) is 0.503. The number of furan rings is 1. The van der Waals surface area contributed by atoms with Crippen molar-refractivity contribution in [2.45, 2.75) is 32.3 Å². The Bertz CT molecular complexity index is 1220. The fourth-order valence-electron chi connectivity index (χ4n) is 3.28. The summed E-state index contributed by atoms with van der Waals surface area (Å²) in [5.74, 6) is 0.241. The minimum atomic E-state index is -1.26. The highest BCUT2D eigenvalue weighted by Gasteiger charge is 2.28. The highest BCUT2D eigenvalue weighted by molar-refractivity contribution is 5.88. The molecule has 0 radical (unpaired) electrons. The minimum Gasteiger partial charge on any atom is -0.545 e. The Kier molecular flexibility index (Phi) is 5.91. The molecule has 8 nitrogen and oxygen atoms in total. The number of hydrogen-bond acceptors (Lipinski definition) is 7. The van der Waals surface area contributed by atoms with Gasteiger partial charge in [-0.05, 0) is 46.9 Å². The van der Waals surface area contributed by atoms with E-state index in [4.69, 9.17) is 13.9 Å². The fourth-order valence-corrected chi connectivity index (χ4v) is 3.28. The smallest absolute Gasteiger partial charge is 0.284 e. The van der Waals surface area contributed by atoms with E-state index in [2.05, 4.69) is 31.3 Å². The first-order chi connectivity index (χ1) is 15.7. The normalized spacial score (nSPS) is 15.4. The van der Waals surface area contributed by atoms with Gasteiger partial charge in [-0.15, -0.1) is 0 Å². The van der Waals surface area contributed by atoms with Crippen molar-refractivity contribution in [2.24, 2.45) is 5.10 Å². The van der Waals surface area contributed by atoms with Gasteiger partial charge in [0.15, 0.2) is 11.5 Å². The number of aromatic carboxylic acids is 1.